The van der Waals surface area contributed by atoms with Crippen LogP contribution in [0.4, 0.5) is 4.79 Å². The topological polar surface area (TPSA) is 119 Å². The first-order valence-corrected chi connectivity index (χ1v) is 12.5. The van der Waals surface area contributed by atoms with Gasteiger partial charge in [-0.3, -0.25) is 10.7 Å². The molecule has 0 spiro atoms. The highest BCUT2D eigenvalue weighted by Gasteiger charge is 2.14. The maximum Gasteiger partial charge on any atom is 0.324 e. The Hall–Kier alpha value is -2.25. The van der Waals surface area contributed by atoms with Gasteiger partial charge in [0.2, 0.25) is 0 Å². The van der Waals surface area contributed by atoms with Crippen LogP contribution < -0.4 is 21.7 Å². The molecule has 1 aliphatic rings. The number of guanidine groups is 2. The summed E-state index contributed by atoms with van der Waals surface area (Å²) < 4.78 is 0. The fourth-order valence-corrected chi connectivity index (χ4v) is 3.63. The van der Waals surface area contributed by atoms with Crippen LogP contribution in [0.5, 0.6) is 0 Å². The van der Waals surface area contributed by atoms with Gasteiger partial charge in [0.15, 0.2) is 11.9 Å². The maximum absolute atomic E-state index is 12.5. The van der Waals surface area contributed by atoms with E-state index >= 15 is 0 Å². The van der Waals surface area contributed by atoms with Crippen molar-refractivity contribution in [2.75, 3.05) is 32.7 Å². The lowest BCUT2D eigenvalue weighted by atomic mass is 10.1. The van der Waals surface area contributed by atoms with Crippen molar-refractivity contribution in [3.63, 3.8) is 0 Å². The predicted octanol–water partition coefficient (Wildman–Crippen LogP) is 4.09. The van der Waals surface area contributed by atoms with Gasteiger partial charge in [-0.2, -0.15) is 0 Å². The second-order valence-electron chi connectivity index (χ2n) is 8.90. The average Bonchev–Trinajstić information content (AvgIpc) is 2.75. The minimum absolute atomic E-state index is 0.121. The number of allylic oxidation sites excluding steroid dienone is 1. The van der Waals surface area contributed by atoms with Gasteiger partial charge < -0.3 is 21.3 Å². The molecule has 1 fully saturated rings. The molecule has 0 unspecified atom stereocenters. The first-order valence-electron chi connectivity index (χ1n) is 12.5. The number of aliphatic imine (C=N–C) groups is 1. The van der Waals surface area contributed by atoms with Gasteiger partial charge in [0, 0.05) is 26.2 Å². The monoisotopic (exact) mass is 449 g/mol. The normalized spacial score (nSPS) is 16.8. The Morgan fingerprint density at radius 3 is 2.47 bits per heavy atom. The Kier molecular flexibility index (Phi) is 15.9. The Balaban J connectivity index is 2.16. The van der Waals surface area contributed by atoms with Crippen LogP contribution in [0.25, 0.3) is 0 Å². The second-order valence-corrected chi connectivity index (χ2v) is 8.90. The molecular weight excluding hydrogens is 402 g/mol. The van der Waals surface area contributed by atoms with Crippen LogP contribution in [-0.4, -0.2) is 55.6 Å². The molecule has 0 aromatic heterocycles. The number of rotatable bonds is 11. The van der Waals surface area contributed by atoms with Gasteiger partial charge in [0.1, 0.15) is 0 Å². The van der Waals surface area contributed by atoms with E-state index in [0.717, 1.165) is 58.3 Å². The third kappa shape index (κ3) is 15.5. The third-order valence-corrected chi connectivity index (χ3v) is 5.60. The molecule has 8 heteroatoms. The van der Waals surface area contributed by atoms with E-state index in [1.54, 1.807) is 0 Å². The van der Waals surface area contributed by atoms with Gasteiger partial charge >= 0.3 is 6.03 Å². The van der Waals surface area contributed by atoms with Crippen molar-refractivity contribution in [1.29, 1.82) is 5.41 Å². The molecule has 32 heavy (non-hydrogen) atoms. The van der Waals surface area contributed by atoms with E-state index in [1.165, 1.54) is 50.5 Å². The van der Waals surface area contributed by atoms with Crippen LogP contribution in [0.1, 0.15) is 90.9 Å². The van der Waals surface area contributed by atoms with Gasteiger partial charge in [-0.05, 0) is 39.5 Å². The zero-order valence-corrected chi connectivity index (χ0v) is 20.5. The Labute approximate surface area is 195 Å². The van der Waals surface area contributed by atoms with Crippen LogP contribution in [0.2, 0.25) is 0 Å². The zero-order valence-electron chi connectivity index (χ0n) is 20.5. The van der Waals surface area contributed by atoms with E-state index in [4.69, 9.17) is 11.1 Å². The molecule has 2 amide bonds. The Morgan fingerprint density at radius 2 is 1.72 bits per heavy atom. The summed E-state index contributed by atoms with van der Waals surface area (Å²) in [5.74, 6) is 0.640. The molecule has 1 rings (SSSR count). The average molecular weight is 450 g/mol. The predicted molar refractivity (Wildman–Crippen MR) is 135 cm³/mol. The van der Waals surface area contributed by atoms with E-state index in [2.05, 4.69) is 40.9 Å². The number of nitrogens with two attached hydrogens (primary N) is 1. The summed E-state index contributed by atoms with van der Waals surface area (Å²) in [7, 11) is 0. The third-order valence-electron chi connectivity index (χ3n) is 5.60. The van der Waals surface area contributed by atoms with Crippen molar-refractivity contribution in [1.82, 2.24) is 20.9 Å². The number of hydrogen-bond acceptors (Lipinski definition) is 3. The van der Waals surface area contributed by atoms with E-state index < -0.39 is 0 Å². The van der Waals surface area contributed by atoms with Crippen LogP contribution in [0.3, 0.4) is 0 Å². The number of nitrogens with one attached hydrogen (secondary N) is 4. The quantitative estimate of drug-likeness (QED) is 0.141. The van der Waals surface area contributed by atoms with E-state index in [1.807, 2.05) is 4.90 Å². The molecule has 0 aliphatic carbocycles. The van der Waals surface area contributed by atoms with Crippen molar-refractivity contribution < 1.29 is 4.79 Å². The molecule has 8 nitrogen and oxygen atoms in total. The molecule has 0 bridgehead atoms. The van der Waals surface area contributed by atoms with Gasteiger partial charge in [-0.1, -0.05) is 63.0 Å². The van der Waals surface area contributed by atoms with Gasteiger partial charge in [0.25, 0.3) is 0 Å². The molecule has 184 valence electrons. The highest BCUT2D eigenvalue weighted by atomic mass is 16.2. The Morgan fingerprint density at radius 1 is 1.06 bits per heavy atom. The van der Waals surface area contributed by atoms with Gasteiger partial charge in [-0.25, -0.2) is 9.79 Å². The molecule has 6 N–H and O–H groups in total. The number of urea groups is 1. The summed E-state index contributed by atoms with van der Waals surface area (Å²) in [6.45, 7) is 7.90. The molecule has 0 saturated carbocycles. The minimum Gasteiger partial charge on any atom is -0.370 e. The fraction of sp³-hybridized carbons (Fsp3) is 0.792. The number of carbonyl (C=O) groups excluding carboxylic acids is 1. The SMILES string of the molecule is CC(C)=CCN=C(N)NCCCCCCCCN1CCCCCCCCNC(=N)NC1=O. The number of amides is 2. The standard InChI is InChI=1S/C24H47N7O/c1-21(2)15-18-29-22(25)27-16-11-7-3-5-9-13-19-31-20-14-10-6-4-8-12-17-28-23(26)30-24(31)32/h15H,3-14,16-20H2,1-2H3,(H3,25,27,29)(H3,26,28,30,32). The largest absolute Gasteiger partial charge is 0.370 e. The smallest absolute Gasteiger partial charge is 0.324 e. The lowest BCUT2D eigenvalue weighted by Gasteiger charge is -2.23. The number of unbranched alkanes of at least 4 members (excludes halogenated alkanes) is 5. The molecule has 0 aromatic rings. The summed E-state index contributed by atoms with van der Waals surface area (Å²) >= 11 is 0. The second kappa shape index (κ2) is 18.3. The van der Waals surface area contributed by atoms with Crippen LogP contribution in [-0.2, 0) is 0 Å². The van der Waals surface area contributed by atoms with E-state index in [9.17, 15) is 4.79 Å². The van der Waals surface area contributed by atoms with E-state index in [-0.39, 0.29) is 12.0 Å². The van der Waals surface area contributed by atoms with Crippen LogP contribution >= 0.6 is 0 Å². The van der Waals surface area contributed by atoms with Crippen molar-refractivity contribution >= 4 is 18.0 Å². The highest BCUT2D eigenvalue weighted by Crippen LogP contribution is 2.09. The first-order chi connectivity index (χ1) is 15.5. The van der Waals surface area contributed by atoms with Gasteiger partial charge in [0.05, 0.1) is 6.54 Å². The minimum atomic E-state index is -0.142. The summed E-state index contributed by atoms with van der Waals surface area (Å²) in [4.78, 5) is 18.7. The van der Waals surface area contributed by atoms with Crippen molar-refractivity contribution in [3.8, 4) is 0 Å². The summed E-state index contributed by atoms with van der Waals surface area (Å²) in [6.07, 6.45) is 15.7. The zero-order chi connectivity index (χ0) is 23.4. The first kappa shape index (κ1) is 27.8. The highest BCUT2D eigenvalue weighted by molar-refractivity contribution is 5.94. The molecular formula is C24H47N7O. The summed E-state index contributed by atoms with van der Waals surface area (Å²) in [5.41, 5.74) is 7.10. The van der Waals surface area contributed by atoms with Crippen molar-refractivity contribution in [2.45, 2.75) is 90.9 Å². The molecule has 1 heterocycles. The summed E-state index contributed by atoms with van der Waals surface area (Å²) in [5, 5.41) is 16.8. The van der Waals surface area contributed by atoms with Crippen LogP contribution in [0, 0.1) is 5.41 Å². The summed E-state index contributed by atoms with van der Waals surface area (Å²) in [6, 6.07) is -0.142. The molecule has 1 aliphatic heterocycles. The maximum atomic E-state index is 12.5. The van der Waals surface area contributed by atoms with E-state index in [0.29, 0.717) is 12.5 Å². The van der Waals surface area contributed by atoms with Crippen molar-refractivity contribution in [2.24, 2.45) is 10.7 Å². The van der Waals surface area contributed by atoms with Crippen molar-refractivity contribution in [3.05, 3.63) is 11.6 Å². The number of hydrogen-bond donors (Lipinski definition) is 5. The molecule has 1 saturated heterocycles. The molecule has 0 radical (unpaired) electrons. The molecule has 0 atom stereocenters. The molecule has 0 aromatic carbocycles. The number of carbonyl (C=O) groups is 1. The Bertz CT molecular complexity index is 585. The van der Waals surface area contributed by atoms with Gasteiger partial charge in [-0.15, -0.1) is 0 Å². The lowest BCUT2D eigenvalue weighted by molar-refractivity contribution is 0.200. The fourth-order valence-electron chi connectivity index (χ4n) is 3.63. The number of nitrogens with zero attached hydrogens (tertiary/aromatic N) is 2. The van der Waals surface area contributed by atoms with Crippen LogP contribution in [0.15, 0.2) is 16.6 Å². The lowest BCUT2D eigenvalue weighted by Crippen LogP contribution is -2.48.